The van der Waals surface area contributed by atoms with Gasteiger partial charge >= 0.3 is 0 Å². The van der Waals surface area contributed by atoms with E-state index in [0.717, 1.165) is 22.6 Å². The summed E-state index contributed by atoms with van der Waals surface area (Å²) in [6.45, 7) is 4.24. The van der Waals surface area contributed by atoms with Gasteiger partial charge in [0.25, 0.3) is 0 Å². The molecule has 0 spiro atoms. The molecule has 2 aromatic rings. The van der Waals surface area contributed by atoms with Crippen molar-refractivity contribution in [3.05, 3.63) is 63.7 Å². The Morgan fingerprint density at radius 2 is 1.70 bits per heavy atom. The van der Waals surface area contributed by atoms with Gasteiger partial charge in [-0.3, -0.25) is 0 Å². The molecule has 1 fully saturated rings. The van der Waals surface area contributed by atoms with Crippen molar-refractivity contribution in [2.24, 2.45) is 10.9 Å². The number of nitrogens with zero attached hydrogens (tertiary/aromatic N) is 1. The van der Waals surface area contributed by atoms with Gasteiger partial charge in [-0.2, -0.15) is 4.99 Å². The lowest BCUT2D eigenvalue weighted by atomic mass is 9.77. The lowest BCUT2D eigenvalue weighted by Crippen LogP contribution is -2.13. The number of hydrogen-bond donors (Lipinski definition) is 0. The molecule has 2 aromatic carbocycles. The minimum absolute atomic E-state index is 0.553. The molecule has 1 saturated carbocycles. The molecule has 0 amide bonds. The topological polar surface area (TPSA) is 12.4 Å². The third-order valence-electron chi connectivity index (χ3n) is 6.21. The number of hydrogen-bond acceptors (Lipinski definition) is 2. The van der Waals surface area contributed by atoms with E-state index in [0.29, 0.717) is 16.6 Å². The first-order valence-electron chi connectivity index (χ1n) is 11.1. The van der Waals surface area contributed by atoms with E-state index in [9.17, 15) is 0 Å². The Morgan fingerprint density at radius 3 is 2.33 bits per heavy atom. The molecular weight excluding hydrogens is 406 g/mol. The van der Waals surface area contributed by atoms with E-state index in [-0.39, 0.29) is 0 Å². The van der Waals surface area contributed by atoms with E-state index in [2.05, 4.69) is 65.4 Å². The highest BCUT2D eigenvalue weighted by Crippen LogP contribution is 2.37. The second kappa shape index (κ2) is 11.5. The van der Waals surface area contributed by atoms with Crippen molar-refractivity contribution in [2.45, 2.75) is 71.1 Å². The molecule has 0 aromatic heterocycles. The predicted octanol–water partition coefficient (Wildman–Crippen LogP) is 8.64. The number of aliphatic imine (C=N–C) groups is 1. The van der Waals surface area contributed by atoms with Gasteiger partial charge in [-0.25, -0.2) is 0 Å². The normalized spacial score (nSPS) is 18.2. The van der Waals surface area contributed by atoms with Crippen LogP contribution in [0.4, 0.5) is 5.69 Å². The van der Waals surface area contributed by atoms with Crippen molar-refractivity contribution >= 4 is 34.7 Å². The van der Waals surface area contributed by atoms with Crippen molar-refractivity contribution in [3.63, 3.8) is 0 Å². The summed E-state index contributed by atoms with van der Waals surface area (Å²) in [5.74, 6) is 8.14. The summed E-state index contributed by atoms with van der Waals surface area (Å²) < 4.78 is 0. The first-order valence-corrected chi connectivity index (χ1v) is 11.9. The molecule has 0 aliphatic heterocycles. The molecule has 1 aliphatic carbocycles. The number of benzene rings is 2. The fraction of sp³-hybridized carbons (Fsp3) is 0.444. The molecule has 0 N–H and O–H groups in total. The van der Waals surface area contributed by atoms with Crippen LogP contribution in [0.15, 0.2) is 41.4 Å². The lowest BCUT2D eigenvalue weighted by molar-refractivity contribution is 0.303. The van der Waals surface area contributed by atoms with Crippen LogP contribution in [0.2, 0.25) is 5.02 Å². The van der Waals surface area contributed by atoms with Crippen LogP contribution in [0.3, 0.4) is 0 Å². The zero-order chi connectivity index (χ0) is 21.3. The number of halogens is 1. The molecule has 0 saturated heterocycles. The molecule has 0 unspecified atom stereocenters. The van der Waals surface area contributed by atoms with Gasteiger partial charge in [-0.15, -0.1) is 0 Å². The van der Waals surface area contributed by atoms with Gasteiger partial charge in [0.2, 0.25) is 0 Å². The Hall–Kier alpha value is -1.91. The molecule has 1 aliphatic rings. The monoisotopic (exact) mass is 435 g/mol. The summed E-state index contributed by atoms with van der Waals surface area (Å²) in [4.78, 5) is 4.03. The number of rotatable bonds is 6. The molecule has 0 atom stereocenters. The summed E-state index contributed by atoms with van der Waals surface area (Å²) in [5, 5.41) is 2.93. The van der Waals surface area contributed by atoms with Gasteiger partial charge in [-0.1, -0.05) is 68.2 Å². The van der Waals surface area contributed by atoms with Gasteiger partial charge in [-0.05, 0) is 92.1 Å². The quantitative estimate of drug-likeness (QED) is 0.191. The van der Waals surface area contributed by atoms with Gasteiger partial charge in [0.15, 0.2) is 0 Å². The van der Waals surface area contributed by atoms with E-state index < -0.39 is 0 Å². The Morgan fingerprint density at radius 1 is 1.00 bits per heavy atom. The van der Waals surface area contributed by atoms with Crippen LogP contribution in [0.1, 0.15) is 86.5 Å². The van der Waals surface area contributed by atoms with Crippen LogP contribution in [-0.4, -0.2) is 5.16 Å². The number of aryl methyl sites for hydroxylation is 1. The molecule has 3 heteroatoms. The van der Waals surface area contributed by atoms with Gasteiger partial charge < -0.3 is 0 Å². The van der Waals surface area contributed by atoms with E-state index in [4.69, 9.17) is 11.6 Å². The average Bonchev–Trinajstić information content (AvgIpc) is 2.76. The van der Waals surface area contributed by atoms with Crippen LogP contribution in [0.25, 0.3) is 0 Å². The number of unbranched alkanes of at least 4 members (excludes halogenated alkanes) is 2. The molecule has 1 nitrogen and oxygen atoms in total. The van der Waals surface area contributed by atoms with Crippen molar-refractivity contribution in [1.29, 1.82) is 0 Å². The van der Waals surface area contributed by atoms with Gasteiger partial charge in [0.05, 0.1) is 15.9 Å². The summed E-state index contributed by atoms with van der Waals surface area (Å²) in [7, 11) is 0. The Labute approximate surface area is 192 Å². The standard InChI is InChI=1S/C27H30ClNS/c1-3-4-5-6-21-9-13-24(14-10-21)25-15-11-22(12-16-25)7-8-23-17-20(2)27(29-19-30)26(28)18-23/h11-12,15-18,21,24H,3-6,9-10,13-14H2,1-2H3. The molecule has 0 heterocycles. The average molecular weight is 436 g/mol. The Kier molecular flexibility index (Phi) is 8.71. The van der Waals surface area contributed by atoms with E-state index in [1.165, 1.54) is 56.9 Å². The first-order chi connectivity index (χ1) is 14.6. The number of isothiocyanates is 1. The largest absolute Gasteiger partial charge is 0.193 e. The third-order valence-corrected chi connectivity index (χ3v) is 6.59. The Balaban J connectivity index is 1.61. The SMILES string of the molecule is CCCCCC1CCC(c2ccc(C#Cc3cc(C)c(N=C=S)c(Cl)c3)cc2)CC1. The van der Waals surface area contributed by atoms with E-state index >= 15 is 0 Å². The fourth-order valence-corrected chi connectivity index (χ4v) is 4.85. The smallest absolute Gasteiger partial charge is 0.0955 e. The molecule has 0 radical (unpaired) electrons. The highest BCUT2D eigenvalue weighted by Gasteiger charge is 2.21. The number of thiocarbonyl (C=S) groups is 1. The zero-order valence-corrected chi connectivity index (χ0v) is 19.6. The maximum atomic E-state index is 6.30. The van der Waals surface area contributed by atoms with Crippen LogP contribution >= 0.6 is 23.8 Å². The third kappa shape index (κ3) is 6.29. The van der Waals surface area contributed by atoms with Crippen LogP contribution < -0.4 is 0 Å². The second-order valence-corrected chi connectivity index (χ2v) is 9.00. The molecular formula is C27H30ClNS. The lowest BCUT2D eigenvalue weighted by Gasteiger charge is -2.29. The molecule has 30 heavy (non-hydrogen) atoms. The predicted molar refractivity (Wildman–Crippen MR) is 132 cm³/mol. The van der Waals surface area contributed by atoms with Crippen molar-refractivity contribution in [3.8, 4) is 11.8 Å². The highest BCUT2D eigenvalue weighted by molar-refractivity contribution is 7.78. The van der Waals surface area contributed by atoms with E-state index in [1.54, 1.807) is 0 Å². The van der Waals surface area contributed by atoms with E-state index in [1.807, 2.05) is 19.1 Å². The maximum Gasteiger partial charge on any atom is 0.0955 e. The van der Waals surface area contributed by atoms with Crippen molar-refractivity contribution in [2.75, 3.05) is 0 Å². The maximum absolute atomic E-state index is 6.30. The van der Waals surface area contributed by atoms with Crippen LogP contribution in [0, 0.1) is 24.7 Å². The van der Waals surface area contributed by atoms with Crippen molar-refractivity contribution < 1.29 is 0 Å². The van der Waals surface area contributed by atoms with Gasteiger partial charge in [0.1, 0.15) is 0 Å². The zero-order valence-electron chi connectivity index (χ0n) is 18.0. The minimum atomic E-state index is 0.553. The summed E-state index contributed by atoms with van der Waals surface area (Å²) in [5.41, 5.74) is 4.99. The molecule has 0 bridgehead atoms. The minimum Gasteiger partial charge on any atom is -0.193 e. The molecule has 156 valence electrons. The first kappa shape index (κ1) is 22.8. The van der Waals surface area contributed by atoms with Crippen molar-refractivity contribution in [1.82, 2.24) is 0 Å². The Bertz CT molecular complexity index is 930. The molecule has 3 rings (SSSR count). The second-order valence-electron chi connectivity index (χ2n) is 8.41. The van der Waals surface area contributed by atoms with Crippen LogP contribution in [-0.2, 0) is 0 Å². The fourth-order valence-electron chi connectivity index (χ4n) is 4.45. The summed E-state index contributed by atoms with van der Waals surface area (Å²) in [6, 6.07) is 12.6. The van der Waals surface area contributed by atoms with Crippen LogP contribution in [0.5, 0.6) is 0 Å². The summed E-state index contributed by atoms with van der Waals surface area (Å²) >= 11 is 11.0. The van der Waals surface area contributed by atoms with Gasteiger partial charge in [0, 0.05) is 11.1 Å². The summed E-state index contributed by atoms with van der Waals surface area (Å²) in [6.07, 6.45) is 11.0. The highest BCUT2D eigenvalue weighted by atomic mass is 35.5.